The summed E-state index contributed by atoms with van der Waals surface area (Å²) in [5.41, 5.74) is 3.57. The van der Waals surface area contributed by atoms with Gasteiger partial charge in [-0.25, -0.2) is 9.78 Å². The van der Waals surface area contributed by atoms with Crippen LogP contribution in [-0.4, -0.2) is 75.1 Å². The molecule has 2 saturated heterocycles. The van der Waals surface area contributed by atoms with E-state index < -0.39 is 11.6 Å². The van der Waals surface area contributed by atoms with E-state index in [2.05, 4.69) is 34.1 Å². The molecule has 3 aromatic carbocycles. The zero-order chi connectivity index (χ0) is 33.0. The molecule has 1 N–H and O–H groups in total. The summed E-state index contributed by atoms with van der Waals surface area (Å²) in [7, 11) is 0. The summed E-state index contributed by atoms with van der Waals surface area (Å²) in [6.45, 7) is 7.63. The number of hydrogen-bond acceptors (Lipinski definition) is 5. The van der Waals surface area contributed by atoms with E-state index in [1.165, 1.54) is 0 Å². The standard InChI is InChI=1S/C38H45N5O4/c1-38(2,3)47-37(46)42-22-18-29(19-23-42)35(44)40-32(26-27-12-6-4-7-13-27)36(45)41-24-20-30(21-25-41)43-33-17-11-10-16-31(33)39-34(43)28-14-8-5-9-15-28/h4-17,29-30,32H,18-26H2,1-3H3,(H,40,44)/t32-/m1/s1. The lowest BCUT2D eigenvalue weighted by atomic mass is 9.94. The molecule has 246 valence electrons. The highest BCUT2D eigenvalue weighted by Crippen LogP contribution is 2.33. The highest BCUT2D eigenvalue weighted by molar-refractivity contribution is 5.89. The molecule has 0 saturated carbocycles. The van der Waals surface area contributed by atoms with Crippen molar-refractivity contribution in [3.63, 3.8) is 0 Å². The number of fused-ring (bicyclic) bond motifs is 1. The van der Waals surface area contributed by atoms with Gasteiger partial charge in [0.2, 0.25) is 11.8 Å². The molecule has 2 aliphatic heterocycles. The first-order valence-electron chi connectivity index (χ1n) is 16.8. The fourth-order valence-corrected chi connectivity index (χ4v) is 6.76. The van der Waals surface area contributed by atoms with Gasteiger partial charge in [-0.3, -0.25) is 9.59 Å². The number of imidazole rings is 1. The maximum Gasteiger partial charge on any atom is 0.410 e. The van der Waals surface area contributed by atoms with Crippen molar-refractivity contribution >= 4 is 28.9 Å². The van der Waals surface area contributed by atoms with E-state index in [9.17, 15) is 14.4 Å². The lowest BCUT2D eigenvalue weighted by Gasteiger charge is -2.36. The van der Waals surface area contributed by atoms with Gasteiger partial charge in [0.25, 0.3) is 0 Å². The van der Waals surface area contributed by atoms with Crippen LogP contribution < -0.4 is 5.32 Å². The van der Waals surface area contributed by atoms with Gasteiger partial charge < -0.3 is 24.4 Å². The Morgan fingerprint density at radius 1 is 0.809 bits per heavy atom. The molecule has 0 spiro atoms. The normalized spacial score (nSPS) is 17.0. The van der Waals surface area contributed by atoms with Gasteiger partial charge in [0, 0.05) is 50.1 Å². The zero-order valence-corrected chi connectivity index (χ0v) is 27.6. The third-order valence-electron chi connectivity index (χ3n) is 9.18. The molecule has 0 radical (unpaired) electrons. The number of para-hydroxylation sites is 2. The van der Waals surface area contributed by atoms with E-state index in [0.717, 1.165) is 40.8 Å². The first-order chi connectivity index (χ1) is 22.7. The molecule has 4 aromatic rings. The quantitative estimate of drug-likeness (QED) is 0.259. The Morgan fingerprint density at radius 2 is 1.40 bits per heavy atom. The molecule has 2 aliphatic rings. The maximum atomic E-state index is 14.1. The second kappa shape index (κ2) is 14.0. The van der Waals surface area contributed by atoms with Crippen LogP contribution in [0.3, 0.4) is 0 Å². The Morgan fingerprint density at radius 3 is 2.06 bits per heavy atom. The Kier molecular flexibility index (Phi) is 9.61. The second-order valence-electron chi connectivity index (χ2n) is 13.7. The molecular weight excluding hydrogens is 590 g/mol. The number of hydrogen-bond donors (Lipinski definition) is 1. The minimum absolute atomic E-state index is 0.0504. The lowest BCUT2D eigenvalue weighted by Crippen LogP contribution is -2.53. The molecule has 1 atom stereocenters. The molecule has 6 rings (SSSR count). The van der Waals surface area contributed by atoms with Crippen molar-refractivity contribution in [3.8, 4) is 11.4 Å². The summed E-state index contributed by atoms with van der Waals surface area (Å²) in [6, 6.07) is 27.9. The zero-order valence-electron chi connectivity index (χ0n) is 27.6. The minimum atomic E-state index is -0.667. The van der Waals surface area contributed by atoms with Gasteiger partial charge in [-0.05, 0) is 64.2 Å². The fourth-order valence-electron chi connectivity index (χ4n) is 6.76. The van der Waals surface area contributed by atoms with Gasteiger partial charge in [-0.1, -0.05) is 72.8 Å². The van der Waals surface area contributed by atoms with Crippen LogP contribution in [0.1, 0.15) is 58.1 Å². The third-order valence-corrected chi connectivity index (χ3v) is 9.18. The van der Waals surface area contributed by atoms with E-state index in [0.29, 0.717) is 45.4 Å². The van der Waals surface area contributed by atoms with Crippen molar-refractivity contribution in [2.24, 2.45) is 5.92 Å². The largest absolute Gasteiger partial charge is 0.444 e. The highest BCUT2D eigenvalue weighted by atomic mass is 16.6. The number of rotatable bonds is 7. The van der Waals surface area contributed by atoms with E-state index in [1.807, 2.05) is 86.3 Å². The van der Waals surface area contributed by atoms with Crippen molar-refractivity contribution in [2.75, 3.05) is 26.2 Å². The van der Waals surface area contributed by atoms with Gasteiger partial charge in [0.05, 0.1) is 11.0 Å². The number of likely N-dealkylation sites (tertiary alicyclic amines) is 2. The summed E-state index contributed by atoms with van der Waals surface area (Å²) in [6.07, 6.45) is 2.72. The van der Waals surface area contributed by atoms with Gasteiger partial charge in [-0.2, -0.15) is 0 Å². The summed E-state index contributed by atoms with van der Waals surface area (Å²) in [4.78, 5) is 48.8. The smallest absolute Gasteiger partial charge is 0.410 e. The van der Waals surface area contributed by atoms with Crippen molar-refractivity contribution < 1.29 is 19.1 Å². The molecular formula is C38H45N5O4. The van der Waals surface area contributed by atoms with Crippen LogP contribution in [0.4, 0.5) is 4.79 Å². The average molecular weight is 636 g/mol. The number of nitrogens with zero attached hydrogens (tertiary/aromatic N) is 4. The molecule has 3 amide bonds. The van der Waals surface area contributed by atoms with Crippen LogP contribution >= 0.6 is 0 Å². The SMILES string of the molecule is CC(C)(C)OC(=O)N1CCC(C(=O)N[C@H](Cc2ccccc2)C(=O)N2CCC(n3c(-c4ccccc4)nc4ccccc43)CC2)CC1. The number of piperidine rings is 2. The first kappa shape index (κ1) is 32.3. The monoisotopic (exact) mass is 635 g/mol. The van der Waals surface area contributed by atoms with Crippen LogP contribution in [-0.2, 0) is 20.7 Å². The van der Waals surface area contributed by atoms with Gasteiger partial charge in [0.1, 0.15) is 17.5 Å². The van der Waals surface area contributed by atoms with E-state index in [-0.39, 0.29) is 29.9 Å². The molecule has 2 fully saturated rings. The summed E-state index contributed by atoms with van der Waals surface area (Å²) < 4.78 is 7.86. The van der Waals surface area contributed by atoms with Crippen LogP contribution in [0.25, 0.3) is 22.4 Å². The molecule has 9 nitrogen and oxygen atoms in total. The van der Waals surface area contributed by atoms with E-state index >= 15 is 0 Å². The number of benzene rings is 3. The maximum absolute atomic E-state index is 14.1. The van der Waals surface area contributed by atoms with E-state index in [1.54, 1.807) is 4.90 Å². The number of aromatic nitrogens is 2. The van der Waals surface area contributed by atoms with Crippen LogP contribution in [0.15, 0.2) is 84.9 Å². The predicted molar refractivity (Wildman–Crippen MR) is 183 cm³/mol. The van der Waals surface area contributed by atoms with Crippen LogP contribution in [0.5, 0.6) is 0 Å². The van der Waals surface area contributed by atoms with Crippen molar-refractivity contribution in [3.05, 3.63) is 90.5 Å². The molecule has 3 heterocycles. The fraction of sp³-hybridized carbons (Fsp3) is 0.421. The molecule has 9 heteroatoms. The number of nitrogens with one attached hydrogen (secondary N) is 1. The number of ether oxygens (including phenoxy) is 1. The molecule has 1 aromatic heterocycles. The Hall–Kier alpha value is -4.66. The average Bonchev–Trinajstić information content (AvgIpc) is 3.48. The Bertz CT molecular complexity index is 1680. The molecule has 0 unspecified atom stereocenters. The summed E-state index contributed by atoms with van der Waals surface area (Å²) in [5, 5.41) is 3.13. The molecule has 47 heavy (non-hydrogen) atoms. The molecule has 0 bridgehead atoms. The summed E-state index contributed by atoms with van der Waals surface area (Å²) >= 11 is 0. The third kappa shape index (κ3) is 7.67. The van der Waals surface area contributed by atoms with Crippen molar-refractivity contribution in [1.29, 1.82) is 0 Å². The topological polar surface area (TPSA) is 96.8 Å². The highest BCUT2D eigenvalue weighted by Gasteiger charge is 2.35. The van der Waals surface area contributed by atoms with Crippen molar-refractivity contribution in [1.82, 2.24) is 24.7 Å². The Labute approximate surface area is 276 Å². The first-order valence-corrected chi connectivity index (χ1v) is 16.8. The molecule has 0 aliphatic carbocycles. The summed E-state index contributed by atoms with van der Waals surface area (Å²) in [5.74, 6) is 0.501. The van der Waals surface area contributed by atoms with Crippen LogP contribution in [0, 0.1) is 5.92 Å². The van der Waals surface area contributed by atoms with Gasteiger partial charge in [0.15, 0.2) is 0 Å². The van der Waals surface area contributed by atoms with Gasteiger partial charge >= 0.3 is 6.09 Å². The number of amides is 3. The second-order valence-corrected chi connectivity index (χ2v) is 13.7. The van der Waals surface area contributed by atoms with E-state index in [4.69, 9.17) is 9.72 Å². The minimum Gasteiger partial charge on any atom is -0.444 e. The number of carbonyl (C=O) groups excluding carboxylic acids is 3. The van der Waals surface area contributed by atoms with Crippen molar-refractivity contribution in [2.45, 2.75) is 70.6 Å². The predicted octanol–water partition coefficient (Wildman–Crippen LogP) is 6.24. The number of carbonyl (C=O) groups is 3. The lowest BCUT2D eigenvalue weighted by molar-refractivity contribution is -0.138. The van der Waals surface area contributed by atoms with Crippen LogP contribution in [0.2, 0.25) is 0 Å². The van der Waals surface area contributed by atoms with Gasteiger partial charge in [-0.15, -0.1) is 0 Å². The Balaban J connectivity index is 1.13.